The lowest BCUT2D eigenvalue weighted by molar-refractivity contribution is -0.134. The smallest absolute Gasteiger partial charge is 0.245 e. The number of nitrogens with zero attached hydrogens (tertiary/aromatic N) is 5. The van der Waals surface area contributed by atoms with Gasteiger partial charge in [0.25, 0.3) is 0 Å². The van der Waals surface area contributed by atoms with Gasteiger partial charge in [0.1, 0.15) is 11.8 Å². The number of methoxy groups -OCH3 is 1. The van der Waals surface area contributed by atoms with Crippen molar-refractivity contribution in [1.82, 2.24) is 19.4 Å². The fraction of sp³-hybridized carbons (Fsp3) is 0.320. The molecule has 0 spiro atoms. The number of hydrogen-bond donors (Lipinski definition) is 0. The van der Waals surface area contributed by atoms with E-state index in [9.17, 15) is 4.79 Å². The van der Waals surface area contributed by atoms with Crippen LogP contribution >= 0.6 is 0 Å². The van der Waals surface area contributed by atoms with E-state index in [4.69, 9.17) is 9.15 Å². The van der Waals surface area contributed by atoms with Gasteiger partial charge < -0.3 is 23.5 Å². The number of rotatable bonds is 5. The first kappa shape index (κ1) is 21.1. The van der Waals surface area contributed by atoms with Crippen LogP contribution in [0.25, 0.3) is 22.4 Å². The maximum absolute atomic E-state index is 13.2. The van der Waals surface area contributed by atoms with Gasteiger partial charge in [-0.3, -0.25) is 4.79 Å². The molecule has 0 N–H and O–H groups in total. The molecular weight excluding hydrogens is 418 g/mol. The number of amides is 1. The van der Waals surface area contributed by atoms with Crippen LogP contribution < -0.4 is 9.64 Å². The molecule has 8 nitrogen and oxygen atoms in total. The second kappa shape index (κ2) is 8.61. The number of piperazine rings is 1. The summed E-state index contributed by atoms with van der Waals surface area (Å²) in [6, 6.07) is 13.7. The number of carbonyl (C=O) groups excluding carboxylic acids is 1. The van der Waals surface area contributed by atoms with Crippen molar-refractivity contribution >= 4 is 22.6 Å². The zero-order valence-electron chi connectivity index (χ0n) is 19.1. The Balaban J connectivity index is 1.27. The second-order valence-corrected chi connectivity index (χ2v) is 8.26. The molecule has 1 amide bonds. The van der Waals surface area contributed by atoms with E-state index < -0.39 is 0 Å². The van der Waals surface area contributed by atoms with Gasteiger partial charge in [0.15, 0.2) is 11.7 Å². The van der Waals surface area contributed by atoms with Crippen molar-refractivity contribution in [3.05, 3.63) is 60.9 Å². The fourth-order valence-electron chi connectivity index (χ4n) is 4.42. The lowest BCUT2D eigenvalue weighted by atomic mass is 10.1. The maximum atomic E-state index is 13.2. The molecule has 2 aromatic carbocycles. The van der Waals surface area contributed by atoms with Crippen molar-refractivity contribution in [1.29, 1.82) is 0 Å². The zero-order chi connectivity index (χ0) is 22.9. The highest BCUT2D eigenvalue weighted by atomic mass is 16.5. The summed E-state index contributed by atoms with van der Waals surface area (Å²) in [6.07, 6.45) is 3.47. The van der Waals surface area contributed by atoms with Crippen LogP contribution in [0.3, 0.4) is 0 Å². The molecule has 1 aliphatic rings. The average Bonchev–Trinajstić information content (AvgIpc) is 3.49. The van der Waals surface area contributed by atoms with Gasteiger partial charge in [-0.15, -0.1) is 0 Å². The van der Waals surface area contributed by atoms with Gasteiger partial charge in [-0.05, 0) is 31.2 Å². The first-order valence-electron chi connectivity index (χ1n) is 11.1. The van der Waals surface area contributed by atoms with Crippen molar-refractivity contribution in [2.75, 3.05) is 38.2 Å². The Labute approximate surface area is 192 Å². The molecule has 0 saturated carbocycles. The number of aromatic nitrogens is 3. The fourth-order valence-corrected chi connectivity index (χ4v) is 4.42. The molecule has 2 aromatic heterocycles. The maximum Gasteiger partial charge on any atom is 0.245 e. The minimum atomic E-state index is -0.298. The van der Waals surface area contributed by atoms with Crippen LogP contribution in [0.2, 0.25) is 0 Å². The van der Waals surface area contributed by atoms with Crippen LogP contribution in [0.15, 0.2) is 59.4 Å². The van der Waals surface area contributed by atoms with Crippen LogP contribution in [0.5, 0.6) is 5.75 Å². The summed E-state index contributed by atoms with van der Waals surface area (Å²) in [5.74, 6) is 2.16. The molecule has 3 heterocycles. The lowest BCUT2D eigenvalue weighted by Crippen LogP contribution is -2.50. The quantitative estimate of drug-likeness (QED) is 0.464. The number of benzene rings is 2. The molecule has 0 radical (unpaired) electrons. The summed E-state index contributed by atoms with van der Waals surface area (Å²) in [4.78, 5) is 26.0. The van der Waals surface area contributed by atoms with Crippen molar-refractivity contribution < 1.29 is 13.9 Å². The largest absolute Gasteiger partial charge is 0.496 e. The van der Waals surface area contributed by atoms with Gasteiger partial charge >= 0.3 is 0 Å². The molecule has 1 fully saturated rings. The van der Waals surface area contributed by atoms with Gasteiger partial charge in [0.05, 0.1) is 36.2 Å². The average molecular weight is 446 g/mol. The van der Waals surface area contributed by atoms with Crippen LogP contribution in [0.4, 0.5) is 5.69 Å². The van der Waals surface area contributed by atoms with E-state index in [1.165, 1.54) is 0 Å². The Hall–Kier alpha value is -3.81. The first-order valence-corrected chi connectivity index (χ1v) is 11.1. The molecular formula is C25H27N5O3. The summed E-state index contributed by atoms with van der Waals surface area (Å²) in [7, 11) is 1.66. The molecule has 170 valence electrons. The van der Waals surface area contributed by atoms with Crippen molar-refractivity contribution in [2.24, 2.45) is 0 Å². The van der Waals surface area contributed by atoms with Crippen LogP contribution in [-0.4, -0.2) is 58.6 Å². The Bertz CT molecular complexity index is 1290. The lowest BCUT2D eigenvalue weighted by Gasteiger charge is -2.37. The first-order chi connectivity index (χ1) is 16.0. The number of aryl methyl sites for hydroxylation is 1. The molecule has 1 atom stereocenters. The molecule has 8 heteroatoms. The van der Waals surface area contributed by atoms with Gasteiger partial charge in [0, 0.05) is 44.9 Å². The normalized spacial score (nSPS) is 15.1. The predicted molar refractivity (Wildman–Crippen MR) is 126 cm³/mol. The Kier molecular flexibility index (Phi) is 5.50. The topological polar surface area (TPSA) is 76.6 Å². The second-order valence-electron chi connectivity index (χ2n) is 8.26. The third kappa shape index (κ3) is 3.92. The molecule has 33 heavy (non-hydrogen) atoms. The standard InChI is InChI=1S/C25H27N5O3/c1-17(30-16-27-21-6-4-5-7-22(21)30)25(31)29-12-10-28(11-13-29)19-8-9-20(23(14-19)32-3)24-15-26-18(2)33-24/h4-9,14-17H,10-13H2,1-3H3. The zero-order valence-corrected chi connectivity index (χ0v) is 19.1. The summed E-state index contributed by atoms with van der Waals surface area (Å²) in [5.41, 5.74) is 3.82. The highest BCUT2D eigenvalue weighted by molar-refractivity contribution is 5.84. The van der Waals surface area contributed by atoms with Crippen LogP contribution in [0.1, 0.15) is 18.9 Å². The molecule has 5 rings (SSSR count). The van der Waals surface area contributed by atoms with E-state index in [1.54, 1.807) is 19.6 Å². The number of para-hydroxylation sites is 2. The van der Waals surface area contributed by atoms with E-state index in [1.807, 2.05) is 59.7 Å². The van der Waals surface area contributed by atoms with E-state index in [2.05, 4.69) is 20.9 Å². The highest BCUT2D eigenvalue weighted by Crippen LogP contribution is 2.34. The highest BCUT2D eigenvalue weighted by Gasteiger charge is 2.27. The van der Waals surface area contributed by atoms with E-state index in [0.717, 1.165) is 41.1 Å². The number of anilines is 1. The van der Waals surface area contributed by atoms with E-state index in [-0.39, 0.29) is 11.9 Å². The summed E-state index contributed by atoms with van der Waals surface area (Å²) in [5, 5.41) is 0. The van der Waals surface area contributed by atoms with Gasteiger partial charge in [-0.25, -0.2) is 9.97 Å². The third-order valence-electron chi connectivity index (χ3n) is 6.28. The van der Waals surface area contributed by atoms with Gasteiger partial charge in [-0.2, -0.15) is 0 Å². The SMILES string of the molecule is COc1cc(N2CCN(C(=O)C(C)n3cnc4ccccc43)CC2)ccc1-c1cnc(C)o1. The minimum absolute atomic E-state index is 0.117. The van der Waals surface area contributed by atoms with Crippen molar-refractivity contribution in [3.8, 4) is 17.1 Å². The van der Waals surface area contributed by atoms with Gasteiger partial charge in [-0.1, -0.05) is 12.1 Å². The number of ether oxygens (including phenoxy) is 1. The van der Waals surface area contributed by atoms with Crippen LogP contribution in [0, 0.1) is 6.92 Å². The third-order valence-corrected chi connectivity index (χ3v) is 6.28. The number of carbonyl (C=O) groups is 1. The number of imidazole rings is 1. The molecule has 0 aliphatic carbocycles. The molecule has 1 saturated heterocycles. The number of oxazole rings is 1. The molecule has 1 aliphatic heterocycles. The molecule has 0 bridgehead atoms. The van der Waals surface area contributed by atoms with Crippen molar-refractivity contribution in [3.63, 3.8) is 0 Å². The summed E-state index contributed by atoms with van der Waals surface area (Å²) < 4.78 is 13.2. The van der Waals surface area contributed by atoms with Gasteiger partial charge in [0.2, 0.25) is 5.91 Å². The molecule has 4 aromatic rings. The number of fused-ring (bicyclic) bond motifs is 1. The van der Waals surface area contributed by atoms with E-state index >= 15 is 0 Å². The predicted octanol–water partition coefficient (Wildman–Crippen LogP) is 3.92. The Morgan fingerprint density at radius 3 is 2.61 bits per heavy atom. The Morgan fingerprint density at radius 1 is 1.09 bits per heavy atom. The van der Waals surface area contributed by atoms with Crippen molar-refractivity contribution in [2.45, 2.75) is 19.9 Å². The van der Waals surface area contributed by atoms with Crippen LogP contribution in [-0.2, 0) is 4.79 Å². The Morgan fingerprint density at radius 2 is 1.88 bits per heavy atom. The monoisotopic (exact) mass is 445 g/mol. The number of hydrogen-bond acceptors (Lipinski definition) is 6. The minimum Gasteiger partial charge on any atom is -0.496 e. The summed E-state index contributed by atoms with van der Waals surface area (Å²) in [6.45, 7) is 6.61. The summed E-state index contributed by atoms with van der Waals surface area (Å²) >= 11 is 0. The van der Waals surface area contributed by atoms with E-state index in [0.29, 0.717) is 24.7 Å². The molecule has 1 unspecified atom stereocenters.